The summed E-state index contributed by atoms with van der Waals surface area (Å²) in [4.78, 5) is 11.1. The van der Waals surface area contributed by atoms with Crippen LogP contribution in [0.25, 0.3) is 0 Å². The zero-order valence-electron chi connectivity index (χ0n) is 10.9. The summed E-state index contributed by atoms with van der Waals surface area (Å²) < 4.78 is 13.1. The number of anilines is 1. The van der Waals surface area contributed by atoms with E-state index in [1.807, 2.05) is 13.0 Å². The van der Waals surface area contributed by atoms with Gasteiger partial charge in [0, 0.05) is 17.3 Å². The van der Waals surface area contributed by atoms with Crippen molar-refractivity contribution in [1.29, 1.82) is 0 Å². The van der Waals surface area contributed by atoms with Crippen LogP contribution in [-0.4, -0.2) is 5.91 Å². The number of nitrogens with two attached hydrogens (primary N) is 1. The zero-order chi connectivity index (χ0) is 14.7. The van der Waals surface area contributed by atoms with Crippen molar-refractivity contribution in [1.82, 2.24) is 0 Å². The number of halogens is 2. The molecule has 2 aromatic rings. The Kier molecular flexibility index (Phi) is 4.25. The first kappa shape index (κ1) is 14.3. The van der Waals surface area contributed by atoms with Crippen LogP contribution in [0.2, 0.25) is 5.02 Å². The molecule has 5 heteroatoms. The summed E-state index contributed by atoms with van der Waals surface area (Å²) in [6.07, 6.45) is 0. The van der Waals surface area contributed by atoms with Crippen LogP contribution in [0, 0.1) is 5.82 Å². The van der Waals surface area contributed by atoms with E-state index in [2.05, 4.69) is 5.32 Å². The van der Waals surface area contributed by atoms with Gasteiger partial charge in [-0.2, -0.15) is 0 Å². The lowest BCUT2D eigenvalue weighted by atomic mass is 10.1. The molecule has 0 heterocycles. The Morgan fingerprint density at radius 2 is 2.05 bits per heavy atom. The maximum Gasteiger partial charge on any atom is 0.248 e. The molecule has 0 fully saturated rings. The molecule has 0 bridgehead atoms. The van der Waals surface area contributed by atoms with Gasteiger partial charge in [0.1, 0.15) is 5.82 Å². The van der Waals surface area contributed by atoms with E-state index < -0.39 is 11.7 Å². The molecule has 3 nitrogen and oxygen atoms in total. The highest BCUT2D eigenvalue weighted by Crippen LogP contribution is 2.24. The first-order valence-electron chi connectivity index (χ1n) is 6.08. The SMILES string of the molecule is CC(Nc1cccc(C(N)=O)c1)c1ccc(F)c(Cl)c1. The van der Waals surface area contributed by atoms with E-state index in [1.165, 1.54) is 6.07 Å². The van der Waals surface area contributed by atoms with Gasteiger partial charge in [0.25, 0.3) is 0 Å². The zero-order valence-corrected chi connectivity index (χ0v) is 11.6. The Labute approximate surface area is 121 Å². The second-order valence-corrected chi connectivity index (χ2v) is 4.89. The summed E-state index contributed by atoms with van der Waals surface area (Å²) in [5, 5.41) is 3.30. The van der Waals surface area contributed by atoms with Gasteiger partial charge in [-0.3, -0.25) is 4.79 Å². The predicted molar refractivity (Wildman–Crippen MR) is 78.4 cm³/mol. The summed E-state index contributed by atoms with van der Waals surface area (Å²) in [6.45, 7) is 1.92. The maximum atomic E-state index is 13.1. The second-order valence-electron chi connectivity index (χ2n) is 4.48. The number of hydrogen-bond donors (Lipinski definition) is 2. The molecule has 0 spiro atoms. The topological polar surface area (TPSA) is 55.1 Å². The summed E-state index contributed by atoms with van der Waals surface area (Å²) in [7, 11) is 0. The Hall–Kier alpha value is -2.07. The first-order valence-corrected chi connectivity index (χ1v) is 6.46. The van der Waals surface area contributed by atoms with Gasteiger partial charge in [-0.25, -0.2) is 4.39 Å². The monoisotopic (exact) mass is 292 g/mol. The normalized spacial score (nSPS) is 11.9. The van der Waals surface area contributed by atoms with Crippen LogP contribution < -0.4 is 11.1 Å². The Bertz CT molecular complexity index is 646. The minimum Gasteiger partial charge on any atom is -0.379 e. The molecule has 0 radical (unpaired) electrons. The molecular weight excluding hydrogens is 279 g/mol. The number of amides is 1. The number of carbonyl (C=O) groups is 1. The van der Waals surface area contributed by atoms with Gasteiger partial charge in [0.2, 0.25) is 5.91 Å². The summed E-state index contributed by atoms with van der Waals surface area (Å²) in [5.41, 5.74) is 7.27. The van der Waals surface area contributed by atoms with E-state index in [4.69, 9.17) is 17.3 Å². The molecule has 20 heavy (non-hydrogen) atoms. The number of rotatable bonds is 4. The molecule has 0 aliphatic carbocycles. The predicted octanol–water partition coefficient (Wildman–Crippen LogP) is 3.75. The molecule has 3 N–H and O–H groups in total. The number of primary amides is 1. The van der Waals surface area contributed by atoms with Crippen LogP contribution in [0.5, 0.6) is 0 Å². The molecule has 1 unspecified atom stereocenters. The molecule has 1 amide bonds. The minimum absolute atomic E-state index is 0.0852. The van der Waals surface area contributed by atoms with Gasteiger partial charge in [0.15, 0.2) is 0 Å². The highest BCUT2D eigenvalue weighted by molar-refractivity contribution is 6.30. The second kappa shape index (κ2) is 5.92. The van der Waals surface area contributed by atoms with Crippen molar-refractivity contribution in [2.75, 3.05) is 5.32 Å². The molecule has 0 aromatic heterocycles. The first-order chi connectivity index (χ1) is 9.47. The number of nitrogens with one attached hydrogen (secondary N) is 1. The minimum atomic E-state index is -0.480. The Balaban J connectivity index is 2.18. The van der Waals surface area contributed by atoms with Gasteiger partial charge in [-0.1, -0.05) is 23.7 Å². The Morgan fingerprint density at radius 1 is 1.30 bits per heavy atom. The van der Waals surface area contributed by atoms with Crippen molar-refractivity contribution in [2.45, 2.75) is 13.0 Å². The molecule has 104 valence electrons. The summed E-state index contributed by atoms with van der Waals surface area (Å²) >= 11 is 5.76. The number of carbonyl (C=O) groups excluding carboxylic acids is 1. The van der Waals surface area contributed by atoms with Crippen LogP contribution in [0.1, 0.15) is 28.9 Å². The van der Waals surface area contributed by atoms with E-state index in [0.29, 0.717) is 5.56 Å². The van der Waals surface area contributed by atoms with Crippen molar-refractivity contribution in [2.24, 2.45) is 5.73 Å². The van der Waals surface area contributed by atoms with Crippen molar-refractivity contribution in [3.05, 3.63) is 64.4 Å². The average molecular weight is 293 g/mol. The van der Waals surface area contributed by atoms with E-state index in [-0.39, 0.29) is 11.1 Å². The van der Waals surface area contributed by atoms with Crippen LogP contribution in [0.15, 0.2) is 42.5 Å². The third kappa shape index (κ3) is 3.27. The number of hydrogen-bond acceptors (Lipinski definition) is 2. The maximum absolute atomic E-state index is 13.1. The lowest BCUT2D eigenvalue weighted by Gasteiger charge is -2.16. The largest absolute Gasteiger partial charge is 0.379 e. The van der Waals surface area contributed by atoms with Gasteiger partial charge >= 0.3 is 0 Å². The third-order valence-electron chi connectivity index (χ3n) is 2.97. The van der Waals surface area contributed by atoms with E-state index in [0.717, 1.165) is 11.3 Å². The van der Waals surface area contributed by atoms with E-state index >= 15 is 0 Å². The average Bonchev–Trinajstić information content (AvgIpc) is 2.42. The number of benzene rings is 2. The highest BCUT2D eigenvalue weighted by Gasteiger charge is 2.09. The van der Waals surface area contributed by atoms with Crippen molar-refractivity contribution >= 4 is 23.2 Å². The lowest BCUT2D eigenvalue weighted by molar-refractivity contribution is 0.100. The summed E-state index contributed by atoms with van der Waals surface area (Å²) in [5.74, 6) is -0.926. The third-order valence-corrected chi connectivity index (χ3v) is 3.26. The van der Waals surface area contributed by atoms with Crippen molar-refractivity contribution in [3.8, 4) is 0 Å². The molecule has 1 atom stereocenters. The fourth-order valence-electron chi connectivity index (χ4n) is 1.88. The molecule has 0 aliphatic rings. The standard InChI is InChI=1S/C15H14ClFN2O/c1-9(10-5-6-14(17)13(16)8-10)19-12-4-2-3-11(7-12)15(18)20/h2-9,19H,1H3,(H2,18,20). The molecule has 2 rings (SSSR count). The van der Waals surface area contributed by atoms with E-state index in [1.54, 1.807) is 30.3 Å². The molecule has 0 aliphatic heterocycles. The van der Waals surface area contributed by atoms with Crippen LogP contribution >= 0.6 is 11.6 Å². The highest BCUT2D eigenvalue weighted by atomic mass is 35.5. The lowest BCUT2D eigenvalue weighted by Crippen LogP contribution is -2.12. The summed E-state index contributed by atoms with van der Waals surface area (Å²) in [6, 6.07) is 11.4. The van der Waals surface area contributed by atoms with Crippen LogP contribution in [0.4, 0.5) is 10.1 Å². The van der Waals surface area contributed by atoms with Crippen LogP contribution in [0.3, 0.4) is 0 Å². The van der Waals surface area contributed by atoms with Gasteiger partial charge < -0.3 is 11.1 Å². The fraction of sp³-hybridized carbons (Fsp3) is 0.133. The molecule has 0 saturated heterocycles. The quantitative estimate of drug-likeness (QED) is 0.901. The smallest absolute Gasteiger partial charge is 0.248 e. The molecule has 0 saturated carbocycles. The van der Waals surface area contributed by atoms with Gasteiger partial charge in [-0.05, 0) is 42.8 Å². The van der Waals surface area contributed by atoms with Gasteiger partial charge in [-0.15, -0.1) is 0 Å². The fourth-order valence-corrected chi connectivity index (χ4v) is 2.07. The van der Waals surface area contributed by atoms with Gasteiger partial charge in [0.05, 0.1) is 5.02 Å². The van der Waals surface area contributed by atoms with E-state index in [9.17, 15) is 9.18 Å². The van der Waals surface area contributed by atoms with Crippen molar-refractivity contribution in [3.63, 3.8) is 0 Å². The van der Waals surface area contributed by atoms with Crippen molar-refractivity contribution < 1.29 is 9.18 Å². The van der Waals surface area contributed by atoms with Crippen LogP contribution in [-0.2, 0) is 0 Å². The Morgan fingerprint density at radius 3 is 2.70 bits per heavy atom. The molecular formula is C15H14ClFN2O. The molecule has 2 aromatic carbocycles.